The first-order valence-corrected chi connectivity index (χ1v) is 6.74. The first-order chi connectivity index (χ1) is 9.62. The van der Waals surface area contributed by atoms with E-state index < -0.39 is 0 Å². The van der Waals surface area contributed by atoms with Gasteiger partial charge in [0.25, 0.3) is 0 Å². The lowest BCUT2D eigenvalue weighted by molar-refractivity contribution is 0.0300. The fraction of sp³-hybridized carbons (Fsp3) is 0.833. The van der Waals surface area contributed by atoms with Crippen LogP contribution in [0.15, 0.2) is 0 Å². The van der Waals surface area contributed by atoms with Crippen molar-refractivity contribution >= 4 is 12.1 Å². The predicted octanol–water partition coefficient (Wildman–Crippen LogP) is 0.361. The molecule has 8 heteroatoms. The van der Waals surface area contributed by atoms with Crippen LogP contribution in [0.3, 0.4) is 0 Å². The number of fused-ring (bicyclic) bond motifs is 1. The molecule has 2 unspecified atom stereocenters. The molecule has 0 spiro atoms. The number of hydrogen-bond donors (Lipinski definition) is 0. The summed E-state index contributed by atoms with van der Waals surface area (Å²) < 4.78 is 10.2. The number of carbonyl (C=O) groups is 2. The van der Waals surface area contributed by atoms with Gasteiger partial charge in [-0.3, -0.25) is 9.80 Å². The summed E-state index contributed by atoms with van der Waals surface area (Å²) >= 11 is 0. The van der Waals surface area contributed by atoms with Gasteiger partial charge < -0.3 is 19.3 Å². The molecule has 2 aliphatic rings. The number of amides is 4. The van der Waals surface area contributed by atoms with Gasteiger partial charge in [0.15, 0.2) is 12.3 Å². The summed E-state index contributed by atoms with van der Waals surface area (Å²) in [5, 5.41) is 0. The van der Waals surface area contributed by atoms with Crippen molar-refractivity contribution in [3.05, 3.63) is 0 Å². The average Bonchev–Trinajstić information content (AvgIpc) is 2.85. The van der Waals surface area contributed by atoms with Crippen LogP contribution in [-0.4, -0.2) is 84.8 Å². The maximum Gasteiger partial charge on any atom is 0.327 e. The summed E-state index contributed by atoms with van der Waals surface area (Å²) in [6, 6.07) is -0.229. The molecule has 0 aromatic heterocycles. The highest BCUT2D eigenvalue weighted by Gasteiger charge is 2.58. The fourth-order valence-corrected chi connectivity index (χ4v) is 2.95. The number of methoxy groups -OCH3 is 2. The van der Waals surface area contributed by atoms with Crippen LogP contribution in [0.2, 0.25) is 0 Å². The van der Waals surface area contributed by atoms with Gasteiger partial charge in [-0.1, -0.05) is 0 Å². The molecule has 0 saturated carbocycles. The zero-order valence-corrected chi connectivity index (χ0v) is 12.4. The zero-order chi connectivity index (χ0) is 14.9. The second kappa shape index (κ2) is 5.84. The molecule has 4 amide bonds. The minimum absolute atomic E-state index is 0.0558. The lowest BCUT2D eigenvalue weighted by atomic mass is 10.3. The molecule has 0 aromatic carbocycles. The Morgan fingerprint density at radius 2 is 1.15 bits per heavy atom. The molecule has 0 radical (unpaired) electrons. The van der Waals surface area contributed by atoms with Gasteiger partial charge in [-0.05, 0) is 13.8 Å². The molecule has 2 rings (SSSR count). The third-order valence-corrected chi connectivity index (χ3v) is 3.74. The Kier molecular flexibility index (Phi) is 4.34. The molecule has 8 nitrogen and oxygen atoms in total. The third-order valence-electron chi connectivity index (χ3n) is 3.74. The van der Waals surface area contributed by atoms with E-state index >= 15 is 0 Å². The van der Waals surface area contributed by atoms with Gasteiger partial charge >= 0.3 is 12.1 Å². The second-order valence-electron chi connectivity index (χ2n) is 4.74. The van der Waals surface area contributed by atoms with Crippen LogP contribution < -0.4 is 0 Å². The van der Waals surface area contributed by atoms with E-state index in [0.717, 1.165) is 0 Å². The van der Waals surface area contributed by atoms with Gasteiger partial charge in [0.2, 0.25) is 0 Å². The van der Waals surface area contributed by atoms with E-state index in [1.807, 2.05) is 13.8 Å². The van der Waals surface area contributed by atoms with Crippen LogP contribution in [0.4, 0.5) is 9.59 Å². The molecular weight excluding hydrogens is 264 g/mol. The normalized spacial score (nSPS) is 26.0. The molecule has 2 aliphatic heterocycles. The van der Waals surface area contributed by atoms with E-state index in [1.165, 1.54) is 14.2 Å². The zero-order valence-electron chi connectivity index (χ0n) is 12.4. The predicted molar refractivity (Wildman–Crippen MR) is 70.6 cm³/mol. The van der Waals surface area contributed by atoms with Gasteiger partial charge in [-0.25, -0.2) is 9.59 Å². The van der Waals surface area contributed by atoms with Crippen molar-refractivity contribution in [2.75, 3.05) is 40.8 Å². The van der Waals surface area contributed by atoms with Crippen molar-refractivity contribution in [2.24, 2.45) is 0 Å². The van der Waals surface area contributed by atoms with E-state index in [2.05, 4.69) is 0 Å². The monoisotopic (exact) mass is 286 g/mol. The lowest BCUT2D eigenvalue weighted by Gasteiger charge is -2.28. The molecule has 0 bridgehead atoms. The summed E-state index contributed by atoms with van der Waals surface area (Å²) in [4.78, 5) is 31.4. The van der Waals surface area contributed by atoms with Gasteiger partial charge in [-0.2, -0.15) is 0 Å². The van der Waals surface area contributed by atoms with Crippen molar-refractivity contribution in [3.63, 3.8) is 0 Å². The number of urea groups is 2. The Morgan fingerprint density at radius 3 is 1.45 bits per heavy atom. The molecule has 2 saturated heterocycles. The number of nitrogens with zero attached hydrogens (tertiary/aromatic N) is 4. The van der Waals surface area contributed by atoms with E-state index in [0.29, 0.717) is 13.1 Å². The molecule has 2 fully saturated rings. The maximum atomic E-state index is 12.5. The number of hydrogen-bond acceptors (Lipinski definition) is 4. The van der Waals surface area contributed by atoms with E-state index in [4.69, 9.17) is 9.47 Å². The lowest BCUT2D eigenvalue weighted by Crippen LogP contribution is -2.47. The second-order valence-corrected chi connectivity index (χ2v) is 4.74. The van der Waals surface area contributed by atoms with Crippen molar-refractivity contribution in [1.29, 1.82) is 0 Å². The van der Waals surface area contributed by atoms with Gasteiger partial charge in [0, 0.05) is 27.3 Å². The van der Waals surface area contributed by atoms with Gasteiger partial charge in [-0.15, -0.1) is 0 Å². The first-order valence-electron chi connectivity index (χ1n) is 6.74. The molecule has 0 aliphatic carbocycles. The van der Waals surface area contributed by atoms with Crippen LogP contribution in [-0.2, 0) is 9.47 Å². The van der Waals surface area contributed by atoms with Crippen molar-refractivity contribution < 1.29 is 19.1 Å². The summed E-state index contributed by atoms with van der Waals surface area (Å²) in [5.41, 5.74) is 0. The Bertz CT molecular complexity index is 360. The SMILES string of the molecule is CCN1C(=O)N(CC)C2C1N(COC)C(=O)N2COC. The highest BCUT2D eigenvalue weighted by atomic mass is 16.5. The molecule has 0 N–H and O–H groups in total. The third kappa shape index (κ3) is 1.99. The highest BCUT2D eigenvalue weighted by Crippen LogP contribution is 2.34. The highest BCUT2D eigenvalue weighted by molar-refractivity contribution is 5.85. The van der Waals surface area contributed by atoms with Gasteiger partial charge in [0.1, 0.15) is 13.5 Å². The van der Waals surface area contributed by atoms with Crippen LogP contribution in [0, 0.1) is 0 Å². The number of likely N-dealkylation sites (N-methyl/N-ethyl adjacent to an activating group) is 2. The van der Waals surface area contributed by atoms with E-state index in [1.54, 1.807) is 19.6 Å². The molecule has 2 heterocycles. The molecule has 20 heavy (non-hydrogen) atoms. The van der Waals surface area contributed by atoms with E-state index in [9.17, 15) is 9.59 Å². The average molecular weight is 286 g/mol. The van der Waals surface area contributed by atoms with Gasteiger partial charge in [0.05, 0.1) is 0 Å². The minimum atomic E-state index is -0.324. The van der Waals surface area contributed by atoms with Crippen LogP contribution >= 0.6 is 0 Å². The van der Waals surface area contributed by atoms with Crippen LogP contribution in [0.5, 0.6) is 0 Å². The first kappa shape index (κ1) is 14.9. The Hall–Kier alpha value is -1.54. The van der Waals surface area contributed by atoms with Crippen LogP contribution in [0.25, 0.3) is 0 Å². The standard InChI is InChI=1S/C12H22N4O4/c1-5-13-9-10(14(6-2)11(13)17)16(8-20-4)12(18)15(9)7-19-3/h9-10H,5-8H2,1-4H3. The Labute approximate surface area is 118 Å². The fourth-order valence-electron chi connectivity index (χ4n) is 2.95. The van der Waals surface area contributed by atoms with Crippen molar-refractivity contribution in [2.45, 2.75) is 26.2 Å². The summed E-state index contributed by atoms with van der Waals surface area (Å²) in [6.45, 7) is 5.21. The van der Waals surface area contributed by atoms with Crippen molar-refractivity contribution in [3.8, 4) is 0 Å². The number of ether oxygens (including phenoxy) is 2. The van der Waals surface area contributed by atoms with Crippen molar-refractivity contribution in [1.82, 2.24) is 19.6 Å². The topological polar surface area (TPSA) is 65.6 Å². The smallest absolute Gasteiger partial charge is 0.327 e. The maximum absolute atomic E-state index is 12.5. The summed E-state index contributed by atoms with van der Waals surface area (Å²) in [5.74, 6) is 0. The van der Waals surface area contributed by atoms with Crippen LogP contribution in [0.1, 0.15) is 13.8 Å². The van der Waals surface area contributed by atoms with E-state index in [-0.39, 0.29) is 37.9 Å². The quantitative estimate of drug-likeness (QED) is 0.707. The molecule has 2 atom stereocenters. The number of rotatable bonds is 6. The Morgan fingerprint density at radius 1 is 0.800 bits per heavy atom. The largest absolute Gasteiger partial charge is 0.364 e. The minimum Gasteiger partial charge on any atom is -0.364 e. The summed E-state index contributed by atoms with van der Waals surface area (Å²) in [6.07, 6.45) is -0.648. The summed E-state index contributed by atoms with van der Waals surface area (Å²) in [7, 11) is 3.07. The molecule has 0 aromatic rings. The molecular formula is C12H22N4O4. The number of carbonyl (C=O) groups excluding carboxylic acids is 2. The Balaban J connectivity index is 2.37. The molecule has 114 valence electrons.